The second-order valence-electron chi connectivity index (χ2n) is 5.72. The van der Waals surface area contributed by atoms with Gasteiger partial charge in [0.1, 0.15) is 0 Å². The molecule has 1 amide bonds. The van der Waals surface area contributed by atoms with Crippen LogP contribution in [0.1, 0.15) is 32.1 Å². The molecule has 0 bridgehead atoms. The van der Waals surface area contributed by atoms with Crippen molar-refractivity contribution in [1.82, 2.24) is 10.2 Å². The average Bonchev–Trinajstić information content (AvgIpc) is 2.30. The molecule has 1 aliphatic carbocycles. The summed E-state index contributed by atoms with van der Waals surface area (Å²) in [6.07, 6.45) is 4.00. The van der Waals surface area contributed by atoms with Crippen LogP contribution in [0.5, 0.6) is 0 Å². The molecule has 7 heteroatoms. The highest BCUT2D eigenvalue weighted by Crippen LogP contribution is 2.26. The fourth-order valence-electron chi connectivity index (χ4n) is 2.78. The molecule has 1 atom stereocenters. The maximum absolute atomic E-state index is 12.4. The molecule has 1 aliphatic heterocycles. The number of aliphatic hydroxyl groups excluding tert-OH is 1. The van der Waals surface area contributed by atoms with Crippen LogP contribution in [0.4, 0.5) is 0 Å². The molecule has 20 heavy (non-hydrogen) atoms. The van der Waals surface area contributed by atoms with E-state index in [1.807, 2.05) is 4.90 Å². The lowest BCUT2D eigenvalue weighted by molar-refractivity contribution is -0.135. The third-order valence-corrected chi connectivity index (χ3v) is 5.85. The van der Waals surface area contributed by atoms with Crippen molar-refractivity contribution >= 4 is 15.7 Å². The monoisotopic (exact) mass is 304 g/mol. The zero-order valence-electron chi connectivity index (χ0n) is 11.8. The second kappa shape index (κ2) is 6.87. The number of nitrogens with zero attached hydrogens (tertiary/aromatic N) is 1. The summed E-state index contributed by atoms with van der Waals surface area (Å²) in [6, 6.07) is 0.0206. The van der Waals surface area contributed by atoms with E-state index < -0.39 is 9.84 Å². The highest BCUT2D eigenvalue weighted by atomic mass is 32.2. The Balaban J connectivity index is 1.90. The first-order chi connectivity index (χ1) is 9.52. The van der Waals surface area contributed by atoms with E-state index >= 15 is 0 Å². The quantitative estimate of drug-likeness (QED) is 0.692. The minimum Gasteiger partial charge on any atom is -0.396 e. The number of carbonyl (C=O) groups is 1. The van der Waals surface area contributed by atoms with Gasteiger partial charge in [0.25, 0.3) is 0 Å². The number of hydrogen-bond acceptors (Lipinski definition) is 5. The molecule has 1 saturated carbocycles. The van der Waals surface area contributed by atoms with Gasteiger partial charge in [-0.25, -0.2) is 8.42 Å². The van der Waals surface area contributed by atoms with Crippen LogP contribution in [0.25, 0.3) is 0 Å². The molecule has 1 saturated heterocycles. The molecule has 0 aromatic heterocycles. The summed E-state index contributed by atoms with van der Waals surface area (Å²) in [4.78, 5) is 14.2. The normalized spacial score (nSPS) is 25.9. The van der Waals surface area contributed by atoms with Gasteiger partial charge in [0.2, 0.25) is 5.91 Å². The van der Waals surface area contributed by atoms with Crippen molar-refractivity contribution in [2.45, 2.75) is 44.2 Å². The highest BCUT2D eigenvalue weighted by Gasteiger charge is 2.32. The lowest BCUT2D eigenvalue weighted by atomic mass is 9.91. The van der Waals surface area contributed by atoms with Crippen molar-refractivity contribution < 1.29 is 18.3 Å². The van der Waals surface area contributed by atoms with Crippen LogP contribution in [0.2, 0.25) is 0 Å². The summed E-state index contributed by atoms with van der Waals surface area (Å²) < 4.78 is 23.2. The summed E-state index contributed by atoms with van der Waals surface area (Å²) in [7, 11) is -3.01. The number of nitrogens with one attached hydrogen (secondary N) is 1. The summed E-state index contributed by atoms with van der Waals surface area (Å²) in [6.45, 7) is 1.08. The van der Waals surface area contributed by atoms with Gasteiger partial charge >= 0.3 is 0 Å². The van der Waals surface area contributed by atoms with Crippen molar-refractivity contribution in [3.63, 3.8) is 0 Å². The Hall–Kier alpha value is -0.660. The number of amides is 1. The van der Waals surface area contributed by atoms with Gasteiger partial charge in [-0.3, -0.25) is 4.79 Å². The highest BCUT2D eigenvalue weighted by molar-refractivity contribution is 7.91. The van der Waals surface area contributed by atoms with E-state index in [1.54, 1.807) is 0 Å². The molecular formula is C13H24N2O4S. The Morgan fingerprint density at radius 2 is 2.10 bits per heavy atom. The molecule has 0 radical (unpaired) electrons. The summed E-state index contributed by atoms with van der Waals surface area (Å²) in [5, 5.41) is 12.0. The van der Waals surface area contributed by atoms with Crippen molar-refractivity contribution in [3.05, 3.63) is 0 Å². The lowest BCUT2D eigenvalue weighted by Crippen LogP contribution is -2.50. The first-order valence-corrected chi connectivity index (χ1v) is 9.18. The predicted molar refractivity (Wildman–Crippen MR) is 76.1 cm³/mol. The van der Waals surface area contributed by atoms with Gasteiger partial charge in [-0.1, -0.05) is 0 Å². The van der Waals surface area contributed by atoms with Crippen molar-refractivity contribution in [2.75, 3.05) is 31.2 Å². The first kappa shape index (κ1) is 15.7. The van der Waals surface area contributed by atoms with E-state index in [2.05, 4.69) is 5.32 Å². The topological polar surface area (TPSA) is 86.7 Å². The fourth-order valence-corrected chi connectivity index (χ4v) is 4.22. The maximum Gasteiger partial charge on any atom is 0.224 e. The third-order valence-electron chi connectivity index (χ3n) is 4.12. The molecule has 2 aliphatic rings. The summed E-state index contributed by atoms with van der Waals surface area (Å²) >= 11 is 0. The molecule has 2 rings (SSSR count). The number of carbonyl (C=O) groups excluding carboxylic acids is 1. The van der Waals surface area contributed by atoms with E-state index in [0.717, 1.165) is 19.3 Å². The second-order valence-corrected chi connectivity index (χ2v) is 7.95. The molecule has 2 fully saturated rings. The Morgan fingerprint density at radius 3 is 2.65 bits per heavy atom. The van der Waals surface area contributed by atoms with Crippen LogP contribution >= 0.6 is 0 Å². The van der Waals surface area contributed by atoms with Gasteiger partial charge in [-0.15, -0.1) is 0 Å². The van der Waals surface area contributed by atoms with Crippen LogP contribution in [0.15, 0.2) is 0 Å². The third kappa shape index (κ3) is 4.17. The first-order valence-electron chi connectivity index (χ1n) is 7.36. The maximum atomic E-state index is 12.4. The van der Waals surface area contributed by atoms with Crippen molar-refractivity contribution in [2.24, 2.45) is 0 Å². The van der Waals surface area contributed by atoms with Crippen LogP contribution in [0.3, 0.4) is 0 Å². The largest absolute Gasteiger partial charge is 0.396 e. The van der Waals surface area contributed by atoms with Crippen LogP contribution < -0.4 is 5.32 Å². The average molecular weight is 304 g/mol. The molecule has 6 nitrogen and oxygen atoms in total. The molecule has 2 N–H and O–H groups in total. The van der Waals surface area contributed by atoms with E-state index in [1.165, 1.54) is 0 Å². The van der Waals surface area contributed by atoms with E-state index in [-0.39, 0.29) is 42.5 Å². The van der Waals surface area contributed by atoms with Crippen LogP contribution in [0, 0.1) is 0 Å². The lowest BCUT2D eigenvalue weighted by Gasteiger charge is -2.38. The number of sulfone groups is 1. The molecule has 0 aromatic carbocycles. The fraction of sp³-hybridized carbons (Fsp3) is 0.923. The smallest absolute Gasteiger partial charge is 0.224 e. The van der Waals surface area contributed by atoms with Gasteiger partial charge < -0.3 is 15.3 Å². The van der Waals surface area contributed by atoms with E-state index in [0.29, 0.717) is 19.5 Å². The minimum atomic E-state index is -3.01. The molecule has 116 valence electrons. The Bertz CT molecular complexity index is 434. The Morgan fingerprint density at radius 1 is 1.35 bits per heavy atom. The predicted octanol–water partition coefficient (Wildman–Crippen LogP) is -0.473. The SMILES string of the molecule is O=C(CC1CS(=O)(=O)CCN1)N(CCCO)C1CCC1. The van der Waals surface area contributed by atoms with Gasteiger partial charge in [0.05, 0.1) is 11.5 Å². The minimum absolute atomic E-state index is 0.0118. The Kier molecular flexibility index (Phi) is 5.40. The van der Waals surface area contributed by atoms with Gasteiger partial charge in [0.15, 0.2) is 9.84 Å². The molecule has 0 aromatic rings. The van der Waals surface area contributed by atoms with Crippen molar-refractivity contribution in [1.29, 1.82) is 0 Å². The van der Waals surface area contributed by atoms with Crippen LogP contribution in [-0.2, 0) is 14.6 Å². The molecule has 1 unspecified atom stereocenters. The number of rotatable bonds is 6. The zero-order chi connectivity index (χ0) is 14.6. The summed E-state index contributed by atoms with van der Waals surface area (Å²) in [5.41, 5.74) is 0. The zero-order valence-corrected chi connectivity index (χ0v) is 12.6. The van der Waals surface area contributed by atoms with Gasteiger partial charge in [-0.2, -0.15) is 0 Å². The summed E-state index contributed by atoms with van der Waals surface area (Å²) in [5.74, 6) is 0.226. The number of aliphatic hydroxyl groups is 1. The molecular weight excluding hydrogens is 280 g/mol. The van der Waals surface area contributed by atoms with Gasteiger partial charge in [0, 0.05) is 38.2 Å². The van der Waals surface area contributed by atoms with Gasteiger partial charge in [-0.05, 0) is 25.7 Å². The van der Waals surface area contributed by atoms with Crippen LogP contribution in [-0.4, -0.2) is 67.6 Å². The number of hydrogen-bond donors (Lipinski definition) is 2. The Labute approximate surface area is 120 Å². The van der Waals surface area contributed by atoms with E-state index in [4.69, 9.17) is 5.11 Å². The van der Waals surface area contributed by atoms with Crippen molar-refractivity contribution in [3.8, 4) is 0 Å². The van der Waals surface area contributed by atoms with E-state index in [9.17, 15) is 13.2 Å². The molecule has 1 heterocycles. The molecule has 0 spiro atoms. The standard InChI is InChI=1S/C13H24N2O4S/c16-7-2-6-15(12-3-1-4-12)13(17)9-11-10-20(18,19)8-5-14-11/h11-12,14,16H,1-10H2.